The zero-order valence-electron chi connectivity index (χ0n) is 11.1. The number of carboxylic acid groups (broad SMARTS) is 1. The molecule has 2 rings (SSSR count). The minimum Gasteiger partial charge on any atom is -0.481 e. The van der Waals surface area contributed by atoms with Crippen molar-refractivity contribution in [1.29, 1.82) is 0 Å². The number of carboxylic acids is 1. The monoisotopic (exact) mass is 254 g/mol. The van der Waals surface area contributed by atoms with E-state index in [1.54, 1.807) is 0 Å². The van der Waals surface area contributed by atoms with Crippen LogP contribution < -0.4 is 0 Å². The fourth-order valence-electron chi connectivity index (χ4n) is 3.13. The molecular formula is C13H22N2O3. The first-order chi connectivity index (χ1) is 8.49. The van der Waals surface area contributed by atoms with E-state index >= 15 is 0 Å². The van der Waals surface area contributed by atoms with Crippen LogP contribution in [0, 0.1) is 11.8 Å². The van der Waals surface area contributed by atoms with Crippen LogP contribution in [0.3, 0.4) is 0 Å². The molecule has 0 aromatic carbocycles. The Balaban J connectivity index is 1.94. The van der Waals surface area contributed by atoms with Gasteiger partial charge in [0.25, 0.3) is 0 Å². The summed E-state index contributed by atoms with van der Waals surface area (Å²) in [5, 5.41) is 8.98. The average Bonchev–Trinajstić information content (AvgIpc) is 2.77. The maximum atomic E-state index is 12.4. The number of carbonyl (C=O) groups excluding carboxylic acids is 1. The molecule has 1 aliphatic carbocycles. The number of hydrogen-bond donors (Lipinski definition) is 1. The number of hydrogen-bond acceptors (Lipinski definition) is 3. The van der Waals surface area contributed by atoms with Crippen LogP contribution in [0.2, 0.25) is 0 Å². The Morgan fingerprint density at radius 2 is 1.83 bits per heavy atom. The summed E-state index contributed by atoms with van der Waals surface area (Å²) < 4.78 is 0. The zero-order valence-corrected chi connectivity index (χ0v) is 11.1. The molecule has 5 heteroatoms. The fourth-order valence-corrected chi connectivity index (χ4v) is 3.13. The van der Waals surface area contributed by atoms with E-state index in [9.17, 15) is 9.59 Å². The zero-order chi connectivity index (χ0) is 13.3. The topological polar surface area (TPSA) is 60.9 Å². The second-order valence-corrected chi connectivity index (χ2v) is 5.69. The molecule has 1 amide bonds. The number of aliphatic carboxylic acids is 1. The van der Waals surface area contributed by atoms with Gasteiger partial charge < -0.3 is 14.9 Å². The highest BCUT2D eigenvalue weighted by Crippen LogP contribution is 2.33. The second-order valence-electron chi connectivity index (χ2n) is 5.69. The Kier molecular flexibility index (Phi) is 3.90. The number of amides is 1. The van der Waals surface area contributed by atoms with Crippen molar-refractivity contribution in [2.75, 3.05) is 26.7 Å². The number of nitrogens with zero attached hydrogens (tertiary/aromatic N) is 2. The van der Waals surface area contributed by atoms with Gasteiger partial charge in [-0.15, -0.1) is 0 Å². The molecule has 0 aromatic heterocycles. The first-order valence-corrected chi connectivity index (χ1v) is 6.71. The smallest absolute Gasteiger partial charge is 0.306 e. The van der Waals surface area contributed by atoms with E-state index in [4.69, 9.17) is 5.11 Å². The third kappa shape index (κ3) is 2.66. The van der Waals surface area contributed by atoms with Gasteiger partial charge in [0.2, 0.25) is 5.91 Å². The predicted octanol–water partition coefficient (Wildman–Crippen LogP) is 0.650. The lowest BCUT2D eigenvalue weighted by Crippen LogP contribution is -2.54. The summed E-state index contributed by atoms with van der Waals surface area (Å²) in [5.74, 6) is -0.977. The first-order valence-electron chi connectivity index (χ1n) is 6.71. The van der Waals surface area contributed by atoms with Crippen LogP contribution in [0.5, 0.6) is 0 Å². The maximum absolute atomic E-state index is 12.4. The number of likely N-dealkylation sites (N-methyl/N-ethyl adjacent to an activating group) is 1. The van der Waals surface area contributed by atoms with Crippen molar-refractivity contribution in [2.45, 2.75) is 32.2 Å². The van der Waals surface area contributed by atoms with Gasteiger partial charge in [0.15, 0.2) is 0 Å². The van der Waals surface area contributed by atoms with E-state index < -0.39 is 5.97 Å². The van der Waals surface area contributed by atoms with E-state index in [2.05, 4.69) is 18.9 Å². The van der Waals surface area contributed by atoms with Gasteiger partial charge in [-0.1, -0.05) is 0 Å². The van der Waals surface area contributed by atoms with E-state index in [-0.39, 0.29) is 23.8 Å². The van der Waals surface area contributed by atoms with Crippen molar-refractivity contribution in [1.82, 2.24) is 9.80 Å². The van der Waals surface area contributed by atoms with Gasteiger partial charge in [-0.2, -0.15) is 0 Å². The minimum absolute atomic E-state index is 0.0723. The van der Waals surface area contributed by atoms with Crippen LogP contribution in [0.25, 0.3) is 0 Å². The Labute approximate surface area is 108 Å². The molecule has 0 radical (unpaired) electrons. The predicted molar refractivity (Wildman–Crippen MR) is 67.1 cm³/mol. The molecule has 3 unspecified atom stereocenters. The lowest BCUT2D eigenvalue weighted by atomic mass is 10.0. The van der Waals surface area contributed by atoms with Crippen LogP contribution in [-0.2, 0) is 9.59 Å². The molecule has 0 aromatic rings. The standard InChI is InChI=1S/C13H22N2O3/c1-9-8-14(2)5-6-15(9)12(16)10-3-4-11(7-10)13(17)18/h9-11H,3-8H2,1-2H3,(H,17,18). The summed E-state index contributed by atoms with van der Waals surface area (Å²) in [7, 11) is 2.06. The number of piperazine rings is 1. The molecule has 1 aliphatic heterocycles. The van der Waals surface area contributed by atoms with Crippen LogP contribution in [0.1, 0.15) is 26.2 Å². The van der Waals surface area contributed by atoms with E-state index in [0.29, 0.717) is 12.8 Å². The van der Waals surface area contributed by atoms with Crippen molar-refractivity contribution in [3.8, 4) is 0 Å². The van der Waals surface area contributed by atoms with Crippen LogP contribution in [0.15, 0.2) is 0 Å². The molecule has 0 bridgehead atoms. The summed E-state index contributed by atoms with van der Waals surface area (Å²) in [5.41, 5.74) is 0. The Hall–Kier alpha value is -1.10. The first kappa shape index (κ1) is 13.3. The SMILES string of the molecule is CC1CN(C)CCN1C(=O)C1CCC(C(=O)O)C1. The molecule has 1 heterocycles. The summed E-state index contributed by atoms with van der Waals surface area (Å²) in [6.45, 7) is 4.65. The van der Waals surface area contributed by atoms with Crippen LogP contribution in [-0.4, -0.2) is 59.5 Å². The third-order valence-corrected chi connectivity index (χ3v) is 4.24. The van der Waals surface area contributed by atoms with Gasteiger partial charge in [-0.3, -0.25) is 9.59 Å². The van der Waals surface area contributed by atoms with Crippen molar-refractivity contribution in [2.24, 2.45) is 11.8 Å². The molecule has 1 saturated carbocycles. The Bertz CT molecular complexity index is 345. The number of rotatable bonds is 2. The molecule has 18 heavy (non-hydrogen) atoms. The minimum atomic E-state index is -0.753. The summed E-state index contributed by atoms with van der Waals surface area (Å²) in [6, 6.07) is 0.236. The third-order valence-electron chi connectivity index (χ3n) is 4.24. The summed E-state index contributed by atoms with van der Waals surface area (Å²) in [4.78, 5) is 27.5. The highest BCUT2D eigenvalue weighted by atomic mass is 16.4. The molecule has 0 spiro atoms. The van der Waals surface area contributed by atoms with E-state index in [1.165, 1.54) is 0 Å². The largest absolute Gasteiger partial charge is 0.481 e. The normalized spacial score (nSPS) is 33.7. The quantitative estimate of drug-likeness (QED) is 0.786. The molecule has 102 valence electrons. The van der Waals surface area contributed by atoms with Gasteiger partial charge in [-0.25, -0.2) is 0 Å². The second kappa shape index (κ2) is 5.26. The molecule has 3 atom stereocenters. The van der Waals surface area contributed by atoms with Gasteiger partial charge in [0.1, 0.15) is 0 Å². The molecule has 2 fully saturated rings. The highest BCUT2D eigenvalue weighted by molar-refractivity contribution is 5.81. The summed E-state index contributed by atoms with van der Waals surface area (Å²) >= 11 is 0. The Morgan fingerprint density at radius 3 is 2.39 bits per heavy atom. The molecule has 1 N–H and O–H groups in total. The number of carbonyl (C=O) groups is 2. The fraction of sp³-hybridized carbons (Fsp3) is 0.846. The van der Waals surface area contributed by atoms with Crippen molar-refractivity contribution in [3.05, 3.63) is 0 Å². The van der Waals surface area contributed by atoms with Crippen molar-refractivity contribution in [3.63, 3.8) is 0 Å². The highest BCUT2D eigenvalue weighted by Gasteiger charge is 2.37. The van der Waals surface area contributed by atoms with Gasteiger partial charge in [0, 0.05) is 31.6 Å². The molecule has 2 aliphatic rings. The van der Waals surface area contributed by atoms with Gasteiger partial charge in [0.05, 0.1) is 5.92 Å². The molecule has 5 nitrogen and oxygen atoms in total. The lowest BCUT2D eigenvalue weighted by Gasteiger charge is -2.39. The van der Waals surface area contributed by atoms with Gasteiger partial charge in [-0.05, 0) is 33.2 Å². The summed E-state index contributed by atoms with van der Waals surface area (Å²) in [6.07, 6.45) is 1.90. The van der Waals surface area contributed by atoms with Gasteiger partial charge >= 0.3 is 5.97 Å². The van der Waals surface area contributed by atoms with Crippen LogP contribution in [0.4, 0.5) is 0 Å². The Morgan fingerprint density at radius 1 is 1.17 bits per heavy atom. The van der Waals surface area contributed by atoms with E-state index in [0.717, 1.165) is 26.1 Å². The maximum Gasteiger partial charge on any atom is 0.306 e. The van der Waals surface area contributed by atoms with Crippen molar-refractivity contribution < 1.29 is 14.7 Å². The van der Waals surface area contributed by atoms with E-state index in [1.807, 2.05) is 4.90 Å². The lowest BCUT2D eigenvalue weighted by molar-refractivity contribution is -0.142. The van der Waals surface area contributed by atoms with Crippen molar-refractivity contribution >= 4 is 11.9 Å². The molecular weight excluding hydrogens is 232 g/mol. The average molecular weight is 254 g/mol. The molecule has 1 saturated heterocycles. The van der Waals surface area contributed by atoms with Crippen LogP contribution >= 0.6 is 0 Å².